The van der Waals surface area contributed by atoms with Crippen LogP contribution in [0.15, 0.2) is 51.9 Å². The molecule has 28 heavy (non-hydrogen) atoms. The molecule has 3 heterocycles. The van der Waals surface area contributed by atoms with Crippen LogP contribution in [0.2, 0.25) is 0 Å². The second-order valence-electron chi connectivity index (χ2n) is 6.57. The molecule has 0 unspecified atom stereocenters. The van der Waals surface area contributed by atoms with Crippen molar-refractivity contribution in [1.82, 2.24) is 19.5 Å². The molecule has 4 rings (SSSR count). The van der Waals surface area contributed by atoms with Crippen LogP contribution < -0.4 is 10.9 Å². The maximum atomic E-state index is 13.8. The first-order chi connectivity index (χ1) is 13.5. The molecule has 0 aliphatic heterocycles. The number of nitrogens with one attached hydrogen (secondary N) is 1. The lowest BCUT2D eigenvalue weighted by Gasteiger charge is -2.18. The number of aryl methyl sites for hydroxylation is 1. The second-order valence-corrected chi connectivity index (χ2v) is 6.57. The predicted molar refractivity (Wildman–Crippen MR) is 102 cm³/mol. The van der Waals surface area contributed by atoms with E-state index in [4.69, 9.17) is 4.42 Å². The van der Waals surface area contributed by atoms with Gasteiger partial charge in [-0.15, -0.1) is 0 Å². The molecule has 0 saturated heterocycles. The highest BCUT2D eigenvalue weighted by molar-refractivity contribution is 5.83. The zero-order valence-electron chi connectivity index (χ0n) is 15.5. The standard InChI is InChI=1S/C20H19FN4O3/c1-3-15(19(26)22-11-13-6-4-5-7-14(13)21)25-20(27)17-10-18-16(8-9-28-18)24(17)12(2)23-25/h4-10,15H,3,11H2,1-2H3,(H,22,26)/t15-/m0/s1. The maximum Gasteiger partial charge on any atom is 0.291 e. The number of aromatic nitrogens is 3. The Morgan fingerprint density at radius 1 is 1.29 bits per heavy atom. The Hall–Kier alpha value is -3.42. The van der Waals surface area contributed by atoms with Gasteiger partial charge in [-0.25, -0.2) is 9.07 Å². The third kappa shape index (κ3) is 2.87. The number of hydrogen-bond acceptors (Lipinski definition) is 4. The van der Waals surface area contributed by atoms with Crippen LogP contribution in [0.5, 0.6) is 0 Å². The third-order valence-electron chi connectivity index (χ3n) is 4.82. The minimum absolute atomic E-state index is 0.0377. The van der Waals surface area contributed by atoms with Gasteiger partial charge in [0.2, 0.25) is 5.91 Å². The second kappa shape index (κ2) is 6.95. The molecule has 0 saturated carbocycles. The lowest BCUT2D eigenvalue weighted by Crippen LogP contribution is -2.39. The van der Waals surface area contributed by atoms with Crippen LogP contribution in [0, 0.1) is 12.7 Å². The fourth-order valence-corrected chi connectivity index (χ4v) is 3.42. The molecule has 144 valence electrons. The zero-order chi connectivity index (χ0) is 19.8. The van der Waals surface area contributed by atoms with Gasteiger partial charge >= 0.3 is 0 Å². The van der Waals surface area contributed by atoms with Crippen molar-refractivity contribution < 1.29 is 13.6 Å². The summed E-state index contributed by atoms with van der Waals surface area (Å²) in [5.74, 6) is -0.218. The largest absolute Gasteiger partial charge is 0.463 e. The van der Waals surface area contributed by atoms with Gasteiger partial charge in [-0.1, -0.05) is 25.1 Å². The molecule has 0 aliphatic rings. The minimum atomic E-state index is -0.802. The number of halogens is 1. The first-order valence-corrected chi connectivity index (χ1v) is 9.00. The van der Waals surface area contributed by atoms with E-state index in [0.717, 1.165) is 5.52 Å². The summed E-state index contributed by atoms with van der Waals surface area (Å²) >= 11 is 0. The van der Waals surface area contributed by atoms with Gasteiger partial charge in [-0.05, 0) is 19.4 Å². The van der Waals surface area contributed by atoms with E-state index in [9.17, 15) is 14.0 Å². The highest BCUT2D eigenvalue weighted by atomic mass is 19.1. The number of nitrogens with zero attached hydrogens (tertiary/aromatic N) is 3. The van der Waals surface area contributed by atoms with Crippen molar-refractivity contribution >= 4 is 22.5 Å². The molecule has 0 aliphatic carbocycles. The Kier molecular flexibility index (Phi) is 4.46. The summed E-state index contributed by atoms with van der Waals surface area (Å²) in [5, 5.41) is 7.06. The Morgan fingerprint density at radius 3 is 2.82 bits per heavy atom. The van der Waals surface area contributed by atoms with E-state index in [-0.39, 0.29) is 23.8 Å². The van der Waals surface area contributed by atoms with Gasteiger partial charge < -0.3 is 9.73 Å². The fourth-order valence-electron chi connectivity index (χ4n) is 3.42. The summed E-state index contributed by atoms with van der Waals surface area (Å²) in [4.78, 5) is 25.7. The number of amides is 1. The number of carbonyl (C=O) groups excluding carboxylic acids is 1. The lowest BCUT2D eigenvalue weighted by molar-refractivity contribution is -0.125. The zero-order valence-corrected chi connectivity index (χ0v) is 15.5. The van der Waals surface area contributed by atoms with Crippen molar-refractivity contribution in [3.05, 3.63) is 70.2 Å². The molecule has 0 fully saturated rings. The summed E-state index contributed by atoms with van der Waals surface area (Å²) in [6.45, 7) is 3.60. The Balaban J connectivity index is 1.68. The quantitative estimate of drug-likeness (QED) is 0.575. The molecule has 0 bridgehead atoms. The lowest BCUT2D eigenvalue weighted by atomic mass is 10.2. The van der Waals surface area contributed by atoms with E-state index in [1.807, 2.05) is 0 Å². The summed E-state index contributed by atoms with van der Waals surface area (Å²) in [7, 11) is 0. The van der Waals surface area contributed by atoms with E-state index in [0.29, 0.717) is 28.9 Å². The molecular weight excluding hydrogens is 363 g/mol. The predicted octanol–water partition coefficient (Wildman–Crippen LogP) is 2.96. The third-order valence-corrected chi connectivity index (χ3v) is 4.82. The van der Waals surface area contributed by atoms with E-state index < -0.39 is 6.04 Å². The molecule has 8 heteroatoms. The van der Waals surface area contributed by atoms with Crippen molar-refractivity contribution in [2.75, 3.05) is 0 Å². The van der Waals surface area contributed by atoms with E-state index in [2.05, 4.69) is 10.4 Å². The highest BCUT2D eigenvalue weighted by Gasteiger charge is 2.24. The Labute approximate surface area is 159 Å². The van der Waals surface area contributed by atoms with E-state index in [1.54, 1.807) is 54.8 Å². The topological polar surface area (TPSA) is 81.5 Å². The Bertz CT molecular complexity index is 1240. The molecule has 0 radical (unpaired) electrons. The van der Waals surface area contributed by atoms with Crippen LogP contribution in [0.3, 0.4) is 0 Å². The van der Waals surface area contributed by atoms with Crippen LogP contribution in [-0.4, -0.2) is 20.1 Å². The molecule has 3 aromatic heterocycles. The van der Waals surface area contributed by atoms with Gasteiger partial charge in [-0.2, -0.15) is 5.10 Å². The van der Waals surface area contributed by atoms with Gasteiger partial charge in [-0.3, -0.25) is 14.0 Å². The van der Waals surface area contributed by atoms with E-state index >= 15 is 0 Å². The summed E-state index contributed by atoms with van der Waals surface area (Å²) in [6, 6.07) is 8.84. The average molecular weight is 382 g/mol. The number of rotatable bonds is 5. The SMILES string of the molecule is CC[C@@H](C(=O)NCc1ccccc1F)n1nc(C)n2c(cc3occc32)c1=O. The minimum Gasteiger partial charge on any atom is -0.463 e. The maximum absolute atomic E-state index is 13.8. The number of carbonyl (C=O) groups is 1. The van der Waals surface area contributed by atoms with E-state index in [1.165, 1.54) is 10.7 Å². The normalized spacial score (nSPS) is 12.5. The molecule has 4 aromatic rings. The van der Waals surface area contributed by atoms with Crippen LogP contribution in [-0.2, 0) is 11.3 Å². The molecule has 1 amide bonds. The highest BCUT2D eigenvalue weighted by Crippen LogP contribution is 2.21. The number of hydrogen-bond donors (Lipinski definition) is 1. The monoisotopic (exact) mass is 382 g/mol. The molecule has 0 spiro atoms. The van der Waals surface area contributed by atoms with Gasteiger partial charge in [0.1, 0.15) is 23.2 Å². The van der Waals surface area contributed by atoms with Gasteiger partial charge in [0.15, 0.2) is 5.58 Å². The summed E-state index contributed by atoms with van der Waals surface area (Å²) in [5.41, 5.74) is 1.72. The van der Waals surface area contributed by atoms with Crippen molar-refractivity contribution in [2.24, 2.45) is 0 Å². The number of fused-ring (bicyclic) bond motifs is 3. The van der Waals surface area contributed by atoms with Crippen molar-refractivity contribution in [2.45, 2.75) is 32.9 Å². The molecule has 7 nitrogen and oxygen atoms in total. The van der Waals surface area contributed by atoms with Crippen LogP contribution in [0.25, 0.3) is 16.6 Å². The number of benzene rings is 1. The molecular formula is C20H19FN4O3. The first-order valence-electron chi connectivity index (χ1n) is 9.00. The average Bonchev–Trinajstić information content (AvgIpc) is 3.27. The van der Waals surface area contributed by atoms with Crippen molar-refractivity contribution in [3.63, 3.8) is 0 Å². The first kappa shape index (κ1) is 18.0. The number of furan rings is 1. The van der Waals surface area contributed by atoms with Crippen LogP contribution in [0.1, 0.15) is 30.8 Å². The molecule has 1 atom stereocenters. The van der Waals surface area contributed by atoms with Crippen LogP contribution >= 0.6 is 0 Å². The van der Waals surface area contributed by atoms with Crippen molar-refractivity contribution in [3.8, 4) is 0 Å². The Morgan fingerprint density at radius 2 is 2.07 bits per heavy atom. The smallest absolute Gasteiger partial charge is 0.291 e. The summed E-state index contributed by atoms with van der Waals surface area (Å²) < 4.78 is 22.1. The van der Waals surface area contributed by atoms with Crippen molar-refractivity contribution in [1.29, 1.82) is 0 Å². The fraction of sp³-hybridized carbons (Fsp3) is 0.250. The summed E-state index contributed by atoms with van der Waals surface area (Å²) in [6.07, 6.45) is 1.91. The molecule has 1 N–H and O–H groups in total. The van der Waals surface area contributed by atoms with Gasteiger partial charge in [0, 0.05) is 24.2 Å². The van der Waals surface area contributed by atoms with Gasteiger partial charge in [0.25, 0.3) is 5.56 Å². The molecule has 1 aromatic carbocycles. The van der Waals surface area contributed by atoms with Gasteiger partial charge in [0.05, 0.1) is 11.8 Å². The van der Waals surface area contributed by atoms with Crippen LogP contribution in [0.4, 0.5) is 4.39 Å².